The molecular formula is C25H35N3O3S. The molecule has 7 heteroatoms. The van der Waals surface area contributed by atoms with Crippen molar-refractivity contribution in [1.29, 1.82) is 0 Å². The zero-order valence-electron chi connectivity index (χ0n) is 19.2. The lowest BCUT2D eigenvalue weighted by Gasteiger charge is -2.56. The van der Waals surface area contributed by atoms with Gasteiger partial charge in [0.25, 0.3) is 5.91 Å². The Labute approximate surface area is 194 Å². The first-order valence-electron chi connectivity index (χ1n) is 12.3. The molecule has 1 aromatic rings. The van der Waals surface area contributed by atoms with E-state index >= 15 is 0 Å². The highest BCUT2D eigenvalue weighted by Gasteiger charge is 2.55. The van der Waals surface area contributed by atoms with E-state index in [1.165, 1.54) is 30.6 Å². The van der Waals surface area contributed by atoms with E-state index in [4.69, 9.17) is 0 Å². The Hall–Kier alpha value is -1.89. The normalized spacial score (nSPS) is 32.3. The predicted molar refractivity (Wildman–Crippen MR) is 124 cm³/mol. The predicted octanol–water partition coefficient (Wildman–Crippen LogP) is 3.39. The van der Waals surface area contributed by atoms with Gasteiger partial charge >= 0.3 is 0 Å². The van der Waals surface area contributed by atoms with Crippen LogP contribution in [0.4, 0.5) is 0 Å². The Morgan fingerprint density at radius 1 is 0.969 bits per heavy atom. The van der Waals surface area contributed by atoms with Crippen LogP contribution in [0.1, 0.15) is 62.0 Å². The van der Waals surface area contributed by atoms with Crippen molar-refractivity contribution in [3.63, 3.8) is 0 Å². The first-order chi connectivity index (χ1) is 15.3. The van der Waals surface area contributed by atoms with E-state index in [-0.39, 0.29) is 29.1 Å². The van der Waals surface area contributed by atoms with E-state index in [0.29, 0.717) is 43.9 Å². The minimum absolute atomic E-state index is 0.00120. The Kier molecular flexibility index (Phi) is 5.81. The van der Waals surface area contributed by atoms with Crippen LogP contribution in [-0.2, 0) is 9.59 Å². The second kappa shape index (κ2) is 8.47. The van der Waals surface area contributed by atoms with Crippen molar-refractivity contribution in [3.8, 4) is 0 Å². The summed E-state index contributed by atoms with van der Waals surface area (Å²) in [5.74, 6) is 2.31. The van der Waals surface area contributed by atoms with Gasteiger partial charge in [0, 0.05) is 31.6 Å². The maximum Gasteiger partial charge on any atom is 0.264 e. The molecule has 0 spiro atoms. The molecule has 4 aliphatic carbocycles. The Bertz CT molecular complexity index is 838. The van der Waals surface area contributed by atoms with Gasteiger partial charge in [-0.3, -0.25) is 14.4 Å². The lowest BCUT2D eigenvalue weighted by atomic mass is 9.49. The molecule has 5 aliphatic rings. The van der Waals surface area contributed by atoms with Crippen molar-refractivity contribution >= 4 is 29.1 Å². The third kappa shape index (κ3) is 3.97. The molecule has 1 aromatic heterocycles. The Morgan fingerprint density at radius 2 is 1.53 bits per heavy atom. The number of amides is 3. The lowest BCUT2D eigenvalue weighted by molar-refractivity contribution is -0.151. The second-order valence-electron chi connectivity index (χ2n) is 11.0. The number of hydrogen-bond acceptors (Lipinski definition) is 4. The van der Waals surface area contributed by atoms with Gasteiger partial charge in [-0.05, 0) is 73.6 Å². The summed E-state index contributed by atoms with van der Waals surface area (Å²) in [4.78, 5) is 44.0. The maximum atomic E-state index is 13.5. The van der Waals surface area contributed by atoms with Crippen LogP contribution >= 0.6 is 11.3 Å². The van der Waals surface area contributed by atoms with Gasteiger partial charge in [-0.2, -0.15) is 0 Å². The average Bonchev–Trinajstić information content (AvgIpc) is 3.30. The molecule has 1 saturated heterocycles. The number of hydrogen-bond donors (Lipinski definition) is 1. The van der Waals surface area contributed by atoms with Crippen molar-refractivity contribution in [2.75, 3.05) is 26.2 Å². The van der Waals surface area contributed by atoms with Crippen LogP contribution in [0.5, 0.6) is 0 Å². The van der Waals surface area contributed by atoms with E-state index < -0.39 is 6.04 Å². The van der Waals surface area contributed by atoms with Crippen LogP contribution in [0.15, 0.2) is 17.5 Å². The summed E-state index contributed by atoms with van der Waals surface area (Å²) in [5, 5.41) is 5.13. The highest BCUT2D eigenvalue weighted by molar-refractivity contribution is 7.12. The molecular weight excluding hydrogens is 422 g/mol. The minimum atomic E-state index is -0.491. The molecule has 1 atom stereocenters. The Morgan fingerprint density at radius 3 is 2.03 bits per heavy atom. The van der Waals surface area contributed by atoms with Gasteiger partial charge < -0.3 is 15.1 Å². The maximum absolute atomic E-state index is 13.5. The van der Waals surface area contributed by atoms with Crippen LogP contribution < -0.4 is 5.32 Å². The molecule has 1 N–H and O–H groups in total. The molecule has 2 heterocycles. The van der Waals surface area contributed by atoms with Gasteiger partial charge in [-0.25, -0.2) is 0 Å². The van der Waals surface area contributed by atoms with Crippen LogP contribution in [0.2, 0.25) is 0 Å². The van der Waals surface area contributed by atoms with E-state index in [9.17, 15) is 14.4 Å². The number of rotatable bonds is 5. The number of piperazine rings is 1. The first-order valence-corrected chi connectivity index (χ1v) is 13.1. The third-order valence-corrected chi connectivity index (χ3v) is 9.21. The van der Waals surface area contributed by atoms with Crippen molar-refractivity contribution < 1.29 is 14.4 Å². The third-order valence-electron chi connectivity index (χ3n) is 8.35. The summed E-state index contributed by atoms with van der Waals surface area (Å²) < 4.78 is 0. The quantitative estimate of drug-likeness (QED) is 0.737. The van der Waals surface area contributed by atoms with E-state index in [0.717, 1.165) is 24.1 Å². The molecule has 174 valence electrons. The zero-order valence-corrected chi connectivity index (χ0v) is 20.0. The van der Waals surface area contributed by atoms with Gasteiger partial charge in [-0.1, -0.05) is 19.9 Å². The van der Waals surface area contributed by atoms with E-state index in [2.05, 4.69) is 5.32 Å². The summed E-state index contributed by atoms with van der Waals surface area (Å²) in [7, 11) is 0. The number of nitrogens with zero attached hydrogens (tertiary/aromatic N) is 2. The number of carbonyl (C=O) groups is 3. The number of carbonyl (C=O) groups excluding carboxylic acids is 3. The van der Waals surface area contributed by atoms with Gasteiger partial charge in [-0.15, -0.1) is 11.3 Å². The van der Waals surface area contributed by atoms with Crippen molar-refractivity contribution in [2.45, 2.75) is 58.4 Å². The monoisotopic (exact) mass is 457 g/mol. The molecule has 1 aliphatic heterocycles. The van der Waals surface area contributed by atoms with Crippen LogP contribution in [-0.4, -0.2) is 59.7 Å². The molecule has 32 heavy (non-hydrogen) atoms. The molecule has 6 rings (SSSR count). The Balaban J connectivity index is 1.21. The van der Waals surface area contributed by atoms with Crippen molar-refractivity contribution in [2.24, 2.45) is 29.1 Å². The van der Waals surface area contributed by atoms with Crippen LogP contribution in [0.25, 0.3) is 0 Å². The largest absolute Gasteiger partial charge is 0.344 e. The van der Waals surface area contributed by atoms with Gasteiger partial charge in [0.2, 0.25) is 11.8 Å². The highest BCUT2D eigenvalue weighted by Crippen LogP contribution is 2.60. The summed E-state index contributed by atoms with van der Waals surface area (Å²) in [6.07, 6.45) is 6.92. The average molecular weight is 458 g/mol. The lowest BCUT2D eigenvalue weighted by Crippen LogP contribution is -2.60. The fraction of sp³-hybridized carbons (Fsp3) is 0.720. The van der Waals surface area contributed by atoms with E-state index in [1.54, 1.807) is 0 Å². The minimum Gasteiger partial charge on any atom is -0.344 e. The molecule has 6 nitrogen and oxygen atoms in total. The fourth-order valence-electron chi connectivity index (χ4n) is 7.08. The van der Waals surface area contributed by atoms with E-state index in [1.807, 2.05) is 41.2 Å². The second-order valence-corrected chi connectivity index (χ2v) is 11.9. The molecule has 4 bridgehead atoms. The summed E-state index contributed by atoms with van der Waals surface area (Å²) in [5.41, 5.74) is -0.242. The smallest absolute Gasteiger partial charge is 0.264 e. The van der Waals surface area contributed by atoms with Crippen LogP contribution in [0.3, 0.4) is 0 Å². The number of nitrogens with one attached hydrogen (secondary N) is 1. The first kappa shape index (κ1) is 21.9. The molecule has 0 unspecified atom stereocenters. The summed E-state index contributed by atoms with van der Waals surface area (Å²) in [6, 6.07) is 3.24. The van der Waals surface area contributed by atoms with Gasteiger partial charge in [0.15, 0.2) is 0 Å². The molecule has 4 saturated carbocycles. The molecule has 3 amide bonds. The molecule has 5 fully saturated rings. The summed E-state index contributed by atoms with van der Waals surface area (Å²) >= 11 is 1.45. The number of thiophene rings is 1. The topological polar surface area (TPSA) is 69.7 Å². The SMILES string of the molecule is CC(C)[C@@H](NC(=O)C12CC3CC(CC(C3)C1)C2)C(=O)N1CCN(C(=O)c2cccs2)CC1. The molecule has 0 aromatic carbocycles. The van der Waals surface area contributed by atoms with Gasteiger partial charge in [0.05, 0.1) is 4.88 Å². The van der Waals surface area contributed by atoms with Gasteiger partial charge in [0.1, 0.15) is 6.04 Å². The standard InChI is InChI=1S/C25H35N3O3S/c1-16(2)21(26-24(31)25-13-17-10-18(14-25)12-19(11-17)15-25)23(30)28-7-5-27(6-8-28)22(29)20-4-3-9-32-20/h3-4,9,16-19,21H,5-8,10-15H2,1-2H3,(H,26,31)/t17?,18?,19?,21-,25?/m1/s1. The van der Waals surface area contributed by atoms with Crippen molar-refractivity contribution in [1.82, 2.24) is 15.1 Å². The molecule has 0 radical (unpaired) electrons. The van der Waals surface area contributed by atoms with Crippen LogP contribution in [0, 0.1) is 29.1 Å². The fourth-order valence-corrected chi connectivity index (χ4v) is 7.77. The summed E-state index contributed by atoms with van der Waals surface area (Å²) in [6.45, 7) is 6.14. The highest BCUT2D eigenvalue weighted by atomic mass is 32.1. The zero-order chi connectivity index (χ0) is 22.5. The van der Waals surface area contributed by atoms with Crippen molar-refractivity contribution in [3.05, 3.63) is 22.4 Å².